The number of nitrogens with one attached hydrogen (secondary N) is 2. The van der Waals surface area contributed by atoms with Crippen LogP contribution in [-0.2, 0) is 0 Å². The molecule has 1 atom stereocenters. The second kappa shape index (κ2) is 11.2. The summed E-state index contributed by atoms with van der Waals surface area (Å²) in [5, 5.41) is 6.41. The van der Waals surface area contributed by atoms with E-state index in [0.29, 0.717) is 43.8 Å². The lowest BCUT2D eigenvalue weighted by Gasteiger charge is -2.32. The molecule has 1 fully saturated rings. The number of likely N-dealkylation sites (tertiary alicyclic amines) is 1. The lowest BCUT2D eigenvalue weighted by atomic mass is 9.93. The van der Waals surface area contributed by atoms with Crippen molar-refractivity contribution in [1.29, 1.82) is 0 Å². The Labute approximate surface area is 169 Å². The quantitative estimate of drug-likeness (QED) is 0.386. The van der Waals surface area contributed by atoms with Crippen LogP contribution in [0.1, 0.15) is 26.2 Å². The molecule has 1 saturated heterocycles. The van der Waals surface area contributed by atoms with Crippen molar-refractivity contribution in [3.63, 3.8) is 0 Å². The first-order valence-electron chi connectivity index (χ1n) is 9.91. The number of rotatable bonds is 8. The van der Waals surface area contributed by atoms with Crippen LogP contribution in [0, 0.1) is 11.7 Å². The second-order valence-electron chi connectivity index (χ2n) is 7.39. The second-order valence-corrected chi connectivity index (χ2v) is 7.39. The minimum atomic E-state index is -4.12. The lowest BCUT2D eigenvalue weighted by molar-refractivity contribution is -0.148. The van der Waals surface area contributed by atoms with Crippen molar-refractivity contribution in [3.8, 4) is 5.75 Å². The largest absolute Gasteiger partial charge is 0.489 e. The van der Waals surface area contributed by atoms with Gasteiger partial charge in [0.05, 0.1) is 13.1 Å². The third-order valence-corrected chi connectivity index (χ3v) is 4.89. The van der Waals surface area contributed by atoms with E-state index in [1.807, 2.05) is 6.92 Å². The molecule has 5 nitrogen and oxygen atoms in total. The van der Waals surface area contributed by atoms with Crippen molar-refractivity contribution in [2.45, 2.75) is 38.5 Å². The zero-order chi connectivity index (χ0) is 21.3. The first kappa shape index (κ1) is 23.3. The molecule has 29 heavy (non-hydrogen) atoms. The zero-order valence-corrected chi connectivity index (χ0v) is 16.9. The summed E-state index contributed by atoms with van der Waals surface area (Å²) in [6.45, 7) is 3.31. The average molecular weight is 418 g/mol. The SMILES string of the molecule is CN=C(NCCC1CCN(CC(F)(F)F)CC1)NCC(C)Oc1ccc(F)cc1. The van der Waals surface area contributed by atoms with E-state index in [0.717, 1.165) is 19.3 Å². The van der Waals surface area contributed by atoms with Crippen molar-refractivity contribution >= 4 is 5.96 Å². The van der Waals surface area contributed by atoms with Gasteiger partial charge in [0.2, 0.25) is 0 Å². The van der Waals surface area contributed by atoms with Gasteiger partial charge >= 0.3 is 6.18 Å². The van der Waals surface area contributed by atoms with Gasteiger partial charge in [0.25, 0.3) is 0 Å². The Morgan fingerprint density at radius 2 is 1.86 bits per heavy atom. The molecule has 0 amide bonds. The molecule has 0 saturated carbocycles. The fourth-order valence-electron chi connectivity index (χ4n) is 3.33. The molecule has 1 unspecified atom stereocenters. The number of piperidine rings is 1. The summed E-state index contributed by atoms with van der Waals surface area (Å²) in [7, 11) is 1.68. The zero-order valence-electron chi connectivity index (χ0n) is 16.9. The molecule has 0 aliphatic carbocycles. The van der Waals surface area contributed by atoms with Gasteiger partial charge in [-0.05, 0) is 69.5 Å². The molecule has 2 rings (SSSR count). The first-order chi connectivity index (χ1) is 13.7. The lowest BCUT2D eigenvalue weighted by Crippen LogP contribution is -2.43. The van der Waals surface area contributed by atoms with Crippen LogP contribution in [0.25, 0.3) is 0 Å². The summed E-state index contributed by atoms with van der Waals surface area (Å²) in [5.74, 6) is 1.36. The number of hydrogen-bond acceptors (Lipinski definition) is 3. The van der Waals surface area contributed by atoms with Crippen LogP contribution in [-0.4, -0.2) is 62.9 Å². The molecule has 0 bridgehead atoms. The number of nitrogens with zero attached hydrogens (tertiary/aromatic N) is 2. The Morgan fingerprint density at radius 1 is 1.21 bits per heavy atom. The van der Waals surface area contributed by atoms with Crippen molar-refractivity contribution in [2.75, 3.05) is 39.8 Å². The number of benzene rings is 1. The molecule has 0 aromatic heterocycles. The molecular formula is C20H30F4N4O. The fourth-order valence-corrected chi connectivity index (χ4v) is 3.33. The van der Waals surface area contributed by atoms with Crippen LogP contribution in [0.2, 0.25) is 0 Å². The predicted octanol–water partition coefficient (Wildman–Crippen LogP) is 3.42. The molecule has 0 spiro atoms. The van der Waals surface area contributed by atoms with Gasteiger partial charge in [0, 0.05) is 13.6 Å². The Hall–Kier alpha value is -2.03. The molecule has 164 valence electrons. The summed E-state index contributed by atoms with van der Waals surface area (Å²) in [4.78, 5) is 5.65. The van der Waals surface area contributed by atoms with Crippen molar-refractivity contribution < 1.29 is 22.3 Å². The Morgan fingerprint density at radius 3 is 2.45 bits per heavy atom. The highest BCUT2D eigenvalue weighted by Crippen LogP contribution is 2.23. The van der Waals surface area contributed by atoms with E-state index in [1.54, 1.807) is 19.2 Å². The number of guanidine groups is 1. The van der Waals surface area contributed by atoms with Gasteiger partial charge in [-0.1, -0.05) is 0 Å². The molecular weight excluding hydrogens is 388 g/mol. The maximum absolute atomic E-state index is 12.9. The van der Waals surface area contributed by atoms with Gasteiger partial charge in [-0.3, -0.25) is 9.89 Å². The minimum Gasteiger partial charge on any atom is -0.489 e. The summed E-state index contributed by atoms with van der Waals surface area (Å²) >= 11 is 0. The standard InChI is InChI=1S/C20H30F4N4O/c1-15(29-18-5-3-17(21)4-6-18)13-27-19(25-2)26-10-7-16-8-11-28(12-9-16)14-20(22,23)24/h3-6,15-16H,7-14H2,1-2H3,(H2,25,26,27). The van der Waals surface area contributed by atoms with Crippen LogP contribution in [0.5, 0.6) is 5.75 Å². The predicted molar refractivity (Wildman–Crippen MR) is 106 cm³/mol. The minimum absolute atomic E-state index is 0.142. The van der Waals surface area contributed by atoms with Crippen LogP contribution >= 0.6 is 0 Å². The highest BCUT2D eigenvalue weighted by molar-refractivity contribution is 5.79. The monoisotopic (exact) mass is 418 g/mol. The average Bonchev–Trinajstić information content (AvgIpc) is 2.66. The highest BCUT2D eigenvalue weighted by Gasteiger charge is 2.32. The third kappa shape index (κ3) is 9.34. The van der Waals surface area contributed by atoms with Crippen LogP contribution in [0.15, 0.2) is 29.3 Å². The normalized spacial score (nSPS) is 17.8. The van der Waals surface area contributed by atoms with Gasteiger partial charge < -0.3 is 15.4 Å². The Balaban J connectivity index is 1.61. The van der Waals surface area contributed by atoms with E-state index in [9.17, 15) is 17.6 Å². The molecule has 1 aromatic carbocycles. The van der Waals surface area contributed by atoms with Crippen molar-refractivity contribution in [2.24, 2.45) is 10.9 Å². The fraction of sp³-hybridized carbons (Fsp3) is 0.650. The summed E-state index contributed by atoms with van der Waals surface area (Å²) in [6, 6.07) is 5.87. The smallest absolute Gasteiger partial charge is 0.401 e. The maximum Gasteiger partial charge on any atom is 0.401 e. The van der Waals surface area contributed by atoms with Crippen LogP contribution in [0.3, 0.4) is 0 Å². The molecule has 1 aliphatic heterocycles. The molecule has 1 heterocycles. The summed E-state index contributed by atoms with van der Waals surface area (Å²) in [5.41, 5.74) is 0. The number of halogens is 4. The molecule has 2 N–H and O–H groups in total. The molecule has 1 aromatic rings. The molecule has 1 aliphatic rings. The topological polar surface area (TPSA) is 48.9 Å². The van der Waals surface area contributed by atoms with Gasteiger partial charge in [-0.25, -0.2) is 4.39 Å². The van der Waals surface area contributed by atoms with E-state index in [1.165, 1.54) is 17.0 Å². The van der Waals surface area contributed by atoms with E-state index in [4.69, 9.17) is 4.74 Å². The number of alkyl halides is 3. The van der Waals surface area contributed by atoms with Crippen molar-refractivity contribution in [3.05, 3.63) is 30.1 Å². The maximum atomic E-state index is 12.9. The van der Waals surface area contributed by atoms with E-state index in [2.05, 4.69) is 15.6 Å². The van der Waals surface area contributed by atoms with Gasteiger partial charge in [0.15, 0.2) is 5.96 Å². The third-order valence-electron chi connectivity index (χ3n) is 4.89. The molecule has 9 heteroatoms. The van der Waals surface area contributed by atoms with E-state index < -0.39 is 12.7 Å². The highest BCUT2D eigenvalue weighted by atomic mass is 19.4. The van der Waals surface area contributed by atoms with E-state index in [-0.39, 0.29) is 11.9 Å². The Bertz CT molecular complexity index is 628. The van der Waals surface area contributed by atoms with Gasteiger partial charge in [-0.15, -0.1) is 0 Å². The summed E-state index contributed by atoms with van der Waals surface area (Å²) in [6.07, 6.45) is -1.80. The van der Waals surface area contributed by atoms with Gasteiger partial charge in [-0.2, -0.15) is 13.2 Å². The summed E-state index contributed by atoms with van der Waals surface area (Å²) < 4.78 is 56.0. The first-order valence-corrected chi connectivity index (χ1v) is 9.91. The number of aliphatic imine (C=N–C) groups is 1. The van der Waals surface area contributed by atoms with Crippen LogP contribution < -0.4 is 15.4 Å². The van der Waals surface area contributed by atoms with E-state index >= 15 is 0 Å². The number of hydrogen-bond donors (Lipinski definition) is 2. The molecule has 0 radical (unpaired) electrons. The Kier molecular flexibility index (Phi) is 9.00. The van der Waals surface area contributed by atoms with Crippen molar-refractivity contribution in [1.82, 2.24) is 15.5 Å². The number of ether oxygens (including phenoxy) is 1. The van der Waals surface area contributed by atoms with Crippen LogP contribution in [0.4, 0.5) is 17.6 Å². The van der Waals surface area contributed by atoms with Gasteiger partial charge in [0.1, 0.15) is 17.7 Å².